The molecule has 2 aromatic carbocycles. The Kier molecular flexibility index (Phi) is 9.28. The Bertz CT molecular complexity index is 812. The van der Waals surface area contributed by atoms with Gasteiger partial charge in [0.1, 0.15) is 0 Å². The van der Waals surface area contributed by atoms with Crippen LogP contribution in [0.1, 0.15) is 23.7 Å². The van der Waals surface area contributed by atoms with Gasteiger partial charge in [0.2, 0.25) is 0 Å². The van der Waals surface area contributed by atoms with Crippen molar-refractivity contribution >= 4 is 34.0 Å². The molecule has 2 N–H and O–H groups in total. The van der Waals surface area contributed by atoms with Crippen LogP contribution in [-0.2, 0) is 10.0 Å². The van der Waals surface area contributed by atoms with Crippen molar-refractivity contribution in [2.45, 2.75) is 18.2 Å². The van der Waals surface area contributed by atoms with E-state index < -0.39 is 10.0 Å². The van der Waals surface area contributed by atoms with E-state index in [4.69, 9.17) is 0 Å². The SMILES string of the molecule is CCCNCCNC(=O)c1ccc(S(=O)(=O)N(C)c2ccccc2)cc1.Cl. The van der Waals surface area contributed by atoms with Gasteiger partial charge in [-0.2, -0.15) is 0 Å². The topological polar surface area (TPSA) is 78.5 Å². The molecule has 0 aromatic heterocycles. The number of carbonyl (C=O) groups excluding carboxylic acids is 1. The van der Waals surface area contributed by atoms with Crippen molar-refractivity contribution in [3.63, 3.8) is 0 Å². The molecule has 0 aliphatic rings. The molecule has 2 rings (SSSR count). The third-order valence-electron chi connectivity index (χ3n) is 3.91. The molecule has 148 valence electrons. The molecule has 2 aromatic rings. The van der Waals surface area contributed by atoms with Crippen LogP contribution in [0, 0.1) is 0 Å². The quantitative estimate of drug-likeness (QED) is 0.622. The third kappa shape index (κ3) is 6.23. The minimum atomic E-state index is -3.67. The maximum absolute atomic E-state index is 12.7. The maximum Gasteiger partial charge on any atom is 0.264 e. The first kappa shape index (κ1) is 23.0. The van der Waals surface area contributed by atoms with Gasteiger partial charge in [-0.25, -0.2) is 8.42 Å². The molecule has 8 heteroatoms. The minimum absolute atomic E-state index is 0. The molecular weight excluding hydrogens is 386 g/mol. The van der Waals surface area contributed by atoms with Crippen molar-refractivity contribution < 1.29 is 13.2 Å². The first-order valence-corrected chi connectivity index (χ1v) is 10.0. The Balaban J connectivity index is 0.00000364. The minimum Gasteiger partial charge on any atom is -0.351 e. The largest absolute Gasteiger partial charge is 0.351 e. The number of nitrogens with zero attached hydrogens (tertiary/aromatic N) is 1. The van der Waals surface area contributed by atoms with Gasteiger partial charge in [0.15, 0.2) is 0 Å². The van der Waals surface area contributed by atoms with Crippen LogP contribution < -0.4 is 14.9 Å². The molecular formula is C19H26ClN3O3S. The van der Waals surface area contributed by atoms with E-state index in [9.17, 15) is 13.2 Å². The lowest BCUT2D eigenvalue weighted by Gasteiger charge is -2.19. The molecule has 0 atom stereocenters. The monoisotopic (exact) mass is 411 g/mol. The number of para-hydroxylation sites is 1. The smallest absolute Gasteiger partial charge is 0.264 e. The standard InChI is InChI=1S/C19H25N3O3S.ClH/c1-3-13-20-14-15-21-19(23)16-9-11-18(12-10-16)26(24,25)22(2)17-7-5-4-6-8-17;/h4-12,20H,3,13-15H2,1-2H3,(H,21,23);1H. The first-order valence-electron chi connectivity index (χ1n) is 8.59. The highest BCUT2D eigenvalue weighted by Gasteiger charge is 2.21. The molecule has 0 saturated heterocycles. The Morgan fingerprint density at radius 2 is 1.59 bits per heavy atom. The zero-order valence-corrected chi connectivity index (χ0v) is 17.1. The summed E-state index contributed by atoms with van der Waals surface area (Å²) in [6.45, 7) is 4.22. The molecule has 0 radical (unpaired) electrons. The van der Waals surface area contributed by atoms with Crippen LogP contribution in [0.2, 0.25) is 0 Å². The van der Waals surface area contributed by atoms with Gasteiger partial charge in [0, 0.05) is 25.7 Å². The van der Waals surface area contributed by atoms with Crippen LogP contribution in [0.4, 0.5) is 5.69 Å². The van der Waals surface area contributed by atoms with Crippen molar-refractivity contribution in [1.82, 2.24) is 10.6 Å². The van der Waals surface area contributed by atoms with E-state index in [-0.39, 0.29) is 23.2 Å². The Morgan fingerprint density at radius 3 is 2.19 bits per heavy atom. The number of sulfonamides is 1. The summed E-state index contributed by atoms with van der Waals surface area (Å²) in [6.07, 6.45) is 1.04. The lowest BCUT2D eigenvalue weighted by Crippen LogP contribution is -2.32. The number of hydrogen-bond donors (Lipinski definition) is 2. The first-order chi connectivity index (χ1) is 12.5. The summed E-state index contributed by atoms with van der Waals surface area (Å²) in [4.78, 5) is 12.2. The fourth-order valence-electron chi connectivity index (χ4n) is 2.38. The summed E-state index contributed by atoms with van der Waals surface area (Å²) in [5.41, 5.74) is 1.01. The van der Waals surface area contributed by atoms with Crippen LogP contribution in [-0.4, -0.2) is 41.0 Å². The number of amides is 1. The van der Waals surface area contributed by atoms with E-state index in [1.807, 2.05) is 6.07 Å². The van der Waals surface area contributed by atoms with Crippen molar-refractivity contribution in [2.24, 2.45) is 0 Å². The lowest BCUT2D eigenvalue weighted by molar-refractivity contribution is 0.0954. The number of anilines is 1. The highest BCUT2D eigenvalue weighted by molar-refractivity contribution is 7.92. The molecule has 6 nitrogen and oxygen atoms in total. The fourth-order valence-corrected chi connectivity index (χ4v) is 3.58. The zero-order valence-electron chi connectivity index (χ0n) is 15.5. The molecule has 0 unspecified atom stereocenters. The summed E-state index contributed by atoms with van der Waals surface area (Å²) in [5.74, 6) is -0.219. The number of halogens is 1. The van der Waals surface area contributed by atoms with E-state index in [0.29, 0.717) is 24.3 Å². The lowest BCUT2D eigenvalue weighted by atomic mass is 10.2. The Morgan fingerprint density at radius 1 is 0.963 bits per heavy atom. The van der Waals surface area contributed by atoms with Gasteiger partial charge in [-0.15, -0.1) is 12.4 Å². The summed E-state index contributed by atoms with van der Waals surface area (Å²) < 4.78 is 26.6. The Hall–Kier alpha value is -2.09. The molecule has 1 amide bonds. The number of hydrogen-bond acceptors (Lipinski definition) is 4. The molecule has 0 aliphatic heterocycles. The van der Waals surface area contributed by atoms with E-state index in [2.05, 4.69) is 17.6 Å². The predicted octanol–water partition coefficient (Wildman–Crippen LogP) is 2.66. The van der Waals surface area contributed by atoms with Crippen LogP contribution in [0.3, 0.4) is 0 Å². The number of carbonyl (C=O) groups is 1. The third-order valence-corrected chi connectivity index (χ3v) is 5.71. The molecule has 0 aliphatic carbocycles. The van der Waals surface area contributed by atoms with Gasteiger partial charge >= 0.3 is 0 Å². The molecule has 27 heavy (non-hydrogen) atoms. The summed E-state index contributed by atoms with van der Waals surface area (Å²) >= 11 is 0. The Labute approximate surface area is 167 Å². The zero-order chi connectivity index (χ0) is 19.0. The highest BCUT2D eigenvalue weighted by Crippen LogP contribution is 2.21. The summed E-state index contributed by atoms with van der Waals surface area (Å²) in [5, 5.41) is 6.00. The average molecular weight is 412 g/mol. The van der Waals surface area contributed by atoms with Crippen LogP contribution >= 0.6 is 12.4 Å². The maximum atomic E-state index is 12.7. The normalized spacial score (nSPS) is 10.7. The van der Waals surface area contributed by atoms with E-state index in [1.165, 1.54) is 35.6 Å². The fraction of sp³-hybridized carbons (Fsp3) is 0.316. The van der Waals surface area contributed by atoms with Gasteiger partial charge < -0.3 is 10.6 Å². The van der Waals surface area contributed by atoms with Crippen LogP contribution in [0.5, 0.6) is 0 Å². The van der Waals surface area contributed by atoms with Crippen LogP contribution in [0.15, 0.2) is 59.5 Å². The van der Waals surface area contributed by atoms with Gasteiger partial charge in [-0.05, 0) is 49.4 Å². The second-order valence-corrected chi connectivity index (χ2v) is 7.81. The van der Waals surface area contributed by atoms with Gasteiger partial charge in [0.05, 0.1) is 10.6 Å². The van der Waals surface area contributed by atoms with E-state index in [0.717, 1.165) is 13.0 Å². The van der Waals surface area contributed by atoms with Gasteiger partial charge in [0.25, 0.3) is 15.9 Å². The van der Waals surface area contributed by atoms with Crippen molar-refractivity contribution in [3.8, 4) is 0 Å². The van der Waals surface area contributed by atoms with Crippen LogP contribution in [0.25, 0.3) is 0 Å². The van der Waals surface area contributed by atoms with Gasteiger partial charge in [-0.1, -0.05) is 25.1 Å². The highest BCUT2D eigenvalue weighted by atomic mass is 35.5. The number of rotatable bonds is 9. The van der Waals surface area contributed by atoms with Crippen molar-refractivity contribution in [3.05, 3.63) is 60.2 Å². The number of benzene rings is 2. The summed E-state index contributed by atoms with van der Waals surface area (Å²) in [6, 6.07) is 14.8. The van der Waals surface area contributed by atoms with Crippen molar-refractivity contribution in [2.75, 3.05) is 31.0 Å². The predicted molar refractivity (Wildman–Crippen MR) is 111 cm³/mol. The molecule has 0 bridgehead atoms. The molecule has 0 saturated carbocycles. The molecule has 0 heterocycles. The molecule has 0 spiro atoms. The average Bonchev–Trinajstić information content (AvgIpc) is 2.67. The van der Waals surface area contributed by atoms with E-state index in [1.54, 1.807) is 24.3 Å². The molecule has 0 fully saturated rings. The van der Waals surface area contributed by atoms with E-state index >= 15 is 0 Å². The number of nitrogens with one attached hydrogen (secondary N) is 2. The summed E-state index contributed by atoms with van der Waals surface area (Å²) in [7, 11) is -2.16. The second-order valence-electron chi connectivity index (χ2n) is 5.84. The second kappa shape index (κ2) is 10.9. The van der Waals surface area contributed by atoms with Crippen molar-refractivity contribution in [1.29, 1.82) is 0 Å². The van der Waals surface area contributed by atoms with Gasteiger partial charge in [-0.3, -0.25) is 9.10 Å².